The molecule has 1 N–H and O–H groups in total. The van der Waals surface area contributed by atoms with E-state index in [1.165, 1.54) is 7.11 Å². The van der Waals surface area contributed by atoms with Crippen molar-refractivity contribution in [3.05, 3.63) is 47.7 Å². The van der Waals surface area contributed by atoms with Gasteiger partial charge >= 0.3 is 5.97 Å². The smallest absolute Gasteiger partial charge is 0.315 e. The number of nitrogens with one attached hydrogen (secondary N) is 1. The summed E-state index contributed by atoms with van der Waals surface area (Å²) in [6, 6.07) is 10.4. The first-order chi connectivity index (χ1) is 10.9. The van der Waals surface area contributed by atoms with Gasteiger partial charge in [-0.2, -0.15) is 0 Å². The third kappa shape index (κ3) is 3.96. The van der Waals surface area contributed by atoms with Crippen molar-refractivity contribution >= 4 is 22.9 Å². The Kier molecular flexibility index (Phi) is 5.16. The molecule has 2 aromatic rings. The molecule has 4 nitrogen and oxygen atoms in total. The Morgan fingerprint density at radius 1 is 1.30 bits per heavy atom. The molecule has 0 amide bonds. The summed E-state index contributed by atoms with van der Waals surface area (Å²) < 4.78 is 4.82. The Morgan fingerprint density at radius 2 is 2.00 bits per heavy atom. The van der Waals surface area contributed by atoms with Crippen molar-refractivity contribution in [3.8, 4) is 0 Å². The number of aromatic nitrogens is 1. The third-order valence-electron chi connectivity index (χ3n) is 4.02. The van der Waals surface area contributed by atoms with Gasteiger partial charge in [0.15, 0.2) is 0 Å². The summed E-state index contributed by atoms with van der Waals surface area (Å²) in [5, 5.41) is 4.30. The molecule has 0 aliphatic heterocycles. The average Bonchev–Trinajstić information content (AvgIpc) is 2.57. The lowest BCUT2D eigenvalue weighted by atomic mass is 9.92. The Balaban J connectivity index is 2.34. The fourth-order valence-electron chi connectivity index (χ4n) is 2.28. The first-order valence-corrected chi connectivity index (χ1v) is 7.73. The van der Waals surface area contributed by atoms with Gasteiger partial charge in [-0.1, -0.05) is 30.4 Å². The van der Waals surface area contributed by atoms with Crippen LogP contribution in [-0.4, -0.2) is 25.1 Å². The predicted molar refractivity (Wildman–Crippen MR) is 94.0 cm³/mol. The number of methoxy groups -OCH3 is 1. The van der Waals surface area contributed by atoms with Crippen LogP contribution in [0.1, 0.15) is 38.1 Å². The standard InChI is InChI=1S/C19H24N2O2/c1-13(20-4)16-9-8-15-7-6-14(12-17(15)21-16)10-11-19(2,3)18(22)23-5/h6-13,20H,1-5H3/b11-10+/t13-/m1/s1. The van der Waals surface area contributed by atoms with E-state index in [4.69, 9.17) is 9.72 Å². The van der Waals surface area contributed by atoms with E-state index in [1.54, 1.807) is 0 Å². The number of esters is 1. The molecule has 122 valence electrons. The number of rotatable bonds is 5. The van der Waals surface area contributed by atoms with Crippen LogP contribution in [0.3, 0.4) is 0 Å². The topological polar surface area (TPSA) is 51.2 Å². The van der Waals surface area contributed by atoms with E-state index in [9.17, 15) is 4.79 Å². The van der Waals surface area contributed by atoms with Crippen LogP contribution in [0.15, 0.2) is 36.4 Å². The Bertz CT molecular complexity index is 735. The van der Waals surface area contributed by atoms with E-state index in [0.717, 1.165) is 22.2 Å². The van der Waals surface area contributed by atoms with Crippen molar-refractivity contribution in [1.82, 2.24) is 10.3 Å². The minimum absolute atomic E-state index is 0.205. The number of nitrogens with zero attached hydrogens (tertiary/aromatic N) is 1. The minimum atomic E-state index is -0.653. The highest BCUT2D eigenvalue weighted by Crippen LogP contribution is 2.23. The summed E-state index contributed by atoms with van der Waals surface area (Å²) in [7, 11) is 3.33. The second kappa shape index (κ2) is 6.92. The van der Waals surface area contributed by atoms with Gasteiger partial charge in [0.2, 0.25) is 0 Å². The van der Waals surface area contributed by atoms with Gasteiger partial charge in [0.1, 0.15) is 0 Å². The first-order valence-electron chi connectivity index (χ1n) is 7.73. The molecule has 0 unspecified atom stereocenters. The van der Waals surface area contributed by atoms with E-state index in [2.05, 4.69) is 18.3 Å². The second-order valence-corrected chi connectivity index (χ2v) is 6.25. The van der Waals surface area contributed by atoms with Crippen LogP contribution in [-0.2, 0) is 9.53 Å². The molecular weight excluding hydrogens is 288 g/mol. The third-order valence-corrected chi connectivity index (χ3v) is 4.02. The molecule has 0 fully saturated rings. The van der Waals surface area contributed by atoms with E-state index in [-0.39, 0.29) is 12.0 Å². The molecule has 0 saturated heterocycles. The Morgan fingerprint density at radius 3 is 2.65 bits per heavy atom. The number of carbonyl (C=O) groups is 1. The lowest BCUT2D eigenvalue weighted by Gasteiger charge is -2.16. The quantitative estimate of drug-likeness (QED) is 0.855. The van der Waals surface area contributed by atoms with E-state index in [0.29, 0.717) is 0 Å². The maximum absolute atomic E-state index is 11.7. The van der Waals surface area contributed by atoms with Gasteiger partial charge in [-0.05, 0) is 45.5 Å². The van der Waals surface area contributed by atoms with Gasteiger partial charge in [-0.3, -0.25) is 9.78 Å². The molecule has 1 heterocycles. The zero-order valence-corrected chi connectivity index (χ0v) is 14.4. The second-order valence-electron chi connectivity index (χ2n) is 6.25. The van der Waals surface area contributed by atoms with Gasteiger partial charge in [-0.25, -0.2) is 0 Å². The molecule has 0 aliphatic carbocycles. The zero-order chi connectivity index (χ0) is 17.0. The fourth-order valence-corrected chi connectivity index (χ4v) is 2.28. The lowest BCUT2D eigenvalue weighted by Crippen LogP contribution is -2.22. The van der Waals surface area contributed by atoms with Gasteiger partial charge < -0.3 is 10.1 Å². The predicted octanol–water partition coefficient (Wildman–Crippen LogP) is 3.73. The summed E-state index contributed by atoms with van der Waals surface area (Å²) in [4.78, 5) is 16.4. The first kappa shape index (κ1) is 17.2. The molecular formula is C19H24N2O2. The number of fused-ring (bicyclic) bond motifs is 1. The van der Waals surface area contributed by atoms with Crippen LogP contribution in [0.4, 0.5) is 0 Å². The number of benzene rings is 1. The zero-order valence-electron chi connectivity index (χ0n) is 14.4. The highest BCUT2D eigenvalue weighted by atomic mass is 16.5. The SMILES string of the molecule is CN[C@H](C)c1ccc2ccc(/C=C/C(C)(C)C(=O)OC)cc2n1. The largest absolute Gasteiger partial charge is 0.468 e. The van der Waals surface area contributed by atoms with Crippen LogP contribution in [0.2, 0.25) is 0 Å². The summed E-state index contributed by atoms with van der Waals surface area (Å²) in [5.41, 5.74) is 2.31. The van der Waals surface area contributed by atoms with Crippen molar-refractivity contribution in [2.45, 2.75) is 26.8 Å². The van der Waals surface area contributed by atoms with Crippen molar-refractivity contribution in [2.75, 3.05) is 14.2 Å². The Labute approximate surface area is 137 Å². The fraction of sp³-hybridized carbons (Fsp3) is 0.368. The lowest BCUT2D eigenvalue weighted by molar-refractivity contribution is -0.148. The maximum atomic E-state index is 11.7. The van der Waals surface area contributed by atoms with Crippen molar-refractivity contribution < 1.29 is 9.53 Å². The molecule has 1 atom stereocenters. The molecule has 0 bridgehead atoms. The van der Waals surface area contributed by atoms with Crippen molar-refractivity contribution in [3.63, 3.8) is 0 Å². The maximum Gasteiger partial charge on any atom is 0.315 e. The van der Waals surface area contributed by atoms with Crippen LogP contribution in [0.5, 0.6) is 0 Å². The van der Waals surface area contributed by atoms with E-state index < -0.39 is 5.41 Å². The van der Waals surface area contributed by atoms with Crippen molar-refractivity contribution in [2.24, 2.45) is 5.41 Å². The van der Waals surface area contributed by atoms with Crippen LogP contribution in [0, 0.1) is 5.41 Å². The normalized spacial score (nSPS) is 13.4. The highest BCUT2D eigenvalue weighted by molar-refractivity contribution is 5.83. The van der Waals surface area contributed by atoms with Gasteiger partial charge in [0.05, 0.1) is 23.7 Å². The summed E-state index contributed by atoms with van der Waals surface area (Å²) in [6.07, 6.45) is 3.80. The minimum Gasteiger partial charge on any atom is -0.468 e. The van der Waals surface area contributed by atoms with Crippen LogP contribution < -0.4 is 5.32 Å². The number of pyridine rings is 1. The molecule has 1 aromatic heterocycles. The monoisotopic (exact) mass is 312 g/mol. The summed E-state index contributed by atoms with van der Waals surface area (Å²) in [5.74, 6) is -0.252. The number of hydrogen-bond donors (Lipinski definition) is 1. The van der Waals surface area contributed by atoms with Gasteiger partial charge in [0, 0.05) is 11.4 Å². The van der Waals surface area contributed by atoms with Crippen LogP contribution >= 0.6 is 0 Å². The molecule has 0 radical (unpaired) electrons. The summed E-state index contributed by atoms with van der Waals surface area (Å²) >= 11 is 0. The van der Waals surface area contributed by atoms with E-state index in [1.807, 2.05) is 57.3 Å². The molecule has 0 aliphatic rings. The Hall–Kier alpha value is -2.20. The molecule has 4 heteroatoms. The van der Waals surface area contributed by atoms with Crippen LogP contribution in [0.25, 0.3) is 17.0 Å². The molecule has 1 aromatic carbocycles. The average molecular weight is 312 g/mol. The van der Waals surface area contributed by atoms with Gasteiger partial charge in [-0.15, -0.1) is 0 Å². The molecule has 23 heavy (non-hydrogen) atoms. The van der Waals surface area contributed by atoms with Gasteiger partial charge in [0.25, 0.3) is 0 Å². The molecule has 0 saturated carbocycles. The number of ether oxygens (including phenoxy) is 1. The highest BCUT2D eigenvalue weighted by Gasteiger charge is 2.24. The summed E-state index contributed by atoms with van der Waals surface area (Å²) in [6.45, 7) is 5.75. The number of carbonyl (C=O) groups excluding carboxylic acids is 1. The van der Waals surface area contributed by atoms with Crippen molar-refractivity contribution in [1.29, 1.82) is 0 Å². The number of hydrogen-bond acceptors (Lipinski definition) is 4. The molecule has 2 rings (SSSR count). The molecule has 0 spiro atoms. The van der Waals surface area contributed by atoms with E-state index >= 15 is 0 Å².